The Morgan fingerprint density at radius 3 is 2.58 bits per heavy atom. The van der Waals surface area contributed by atoms with Gasteiger partial charge in [0.05, 0.1) is 26.0 Å². The highest BCUT2D eigenvalue weighted by atomic mass is 16.5. The summed E-state index contributed by atoms with van der Waals surface area (Å²) >= 11 is 0. The highest BCUT2D eigenvalue weighted by molar-refractivity contribution is 5.93. The van der Waals surface area contributed by atoms with Crippen molar-refractivity contribution in [2.75, 3.05) is 20.8 Å². The minimum Gasteiger partial charge on any atom is -0.493 e. The molecule has 0 unspecified atom stereocenters. The topological polar surface area (TPSA) is 56.6 Å². The molecule has 128 valence electrons. The van der Waals surface area contributed by atoms with Gasteiger partial charge in [0, 0.05) is 13.6 Å². The Kier molecular flexibility index (Phi) is 4.46. The van der Waals surface area contributed by atoms with E-state index in [1.54, 1.807) is 18.9 Å². The highest BCUT2D eigenvalue weighted by Gasteiger charge is 2.32. The van der Waals surface area contributed by atoms with Crippen molar-refractivity contribution < 1.29 is 14.3 Å². The quantitative estimate of drug-likeness (QED) is 0.865. The molecular weight excluding hydrogens is 306 g/mol. The molecule has 3 rings (SSSR count). The summed E-state index contributed by atoms with van der Waals surface area (Å²) in [5.41, 5.74) is 2.54. The van der Waals surface area contributed by atoms with Gasteiger partial charge >= 0.3 is 0 Å². The number of likely N-dealkylation sites (tertiary alicyclic amines) is 1. The lowest BCUT2D eigenvalue weighted by molar-refractivity contribution is 0.0724. The van der Waals surface area contributed by atoms with Gasteiger partial charge in [-0.15, -0.1) is 0 Å². The zero-order valence-corrected chi connectivity index (χ0v) is 14.6. The number of benzene rings is 1. The molecule has 1 aliphatic rings. The monoisotopic (exact) mass is 329 g/mol. The third-order valence-electron chi connectivity index (χ3n) is 4.53. The van der Waals surface area contributed by atoms with Crippen molar-refractivity contribution in [3.05, 3.63) is 41.2 Å². The van der Waals surface area contributed by atoms with E-state index in [4.69, 9.17) is 9.47 Å². The first-order valence-electron chi connectivity index (χ1n) is 8.08. The average Bonchev–Trinajstić information content (AvgIpc) is 3.19. The Balaban J connectivity index is 1.91. The Morgan fingerprint density at radius 2 is 1.96 bits per heavy atom. The number of hydrogen-bond donors (Lipinski definition) is 0. The number of carbonyl (C=O) groups is 1. The van der Waals surface area contributed by atoms with Gasteiger partial charge < -0.3 is 14.4 Å². The lowest BCUT2D eigenvalue weighted by Gasteiger charge is -2.25. The minimum atomic E-state index is 0.0235. The Hall–Kier alpha value is -2.50. The maximum Gasteiger partial charge on any atom is 0.272 e. The normalized spacial score (nSPS) is 17.2. The molecule has 1 aromatic heterocycles. The Bertz CT molecular complexity index is 754. The summed E-state index contributed by atoms with van der Waals surface area (Å²) in [5.74, 6) is 1.40. The van der Waals surface area contributed by atoms with Crippen LogP contribution in [0.3, 0.4) is 0 Å². The second-order valence-electron chi connectivity index (χ2n) is 6.07. The van der Waals surface area contributed by atoms with Crippen LogP contribution in [0.15, 0.2) is 24.3 Å². The van der Waals surface area contributed by atoms with Gasteiger partial charge in [-0.1, -0.05) is 6.07 Å². The molecule has 0 bridgehead atoms. The van der Waals surface area contributed by atoms with Crippen LogP contribution in [0.25, 0.3) is 0 Å². The number of amides is 1. The van der Waals surface area contributed by atoms with Crippen molar-refractivity contribution in [1.29, 1.82) is 0 Å². The third kappa shape index (κ3) is 2.84. The van der Waals surface area contributed by atoms with Crippen LogP contribution in [0, 0.1) is 6.92 Å². The van der Waals surface area contributed by atoms with E-state index in [1.807, 2.05) is 43.1 Å². The number of aromatic nitrogens is 2. The summed E-state index contributed by atoms with van der Waals surface area (Å²) < 4.78 is 12.3. The number of carbonyl (C=O) groups excluding carboxylic acids is 1. The van der Waals surface area contributed by atoms with Crippen molar-refractivity contribution in [2.45, 2.75) is 25.8 Å². The lowest BCUT2D eigenvalue weighted by Crippen LogP contribution is -2.32. The van der Waals surface area contributed by atoms with Crippen molar-refractivity contribution in [3.8, 4) is 11.5 Å². The van der Waals surface area contributed by atoms with Crippen molar-refractivity contribution in [3.63, 3.8) is 0 Å². The molecule has 0 saturated carbocycles. The second-order valence-corrected chi connectivity index (χ2v) is 6.07. The van der Waals surface area contributed by atoms with E-state index in [0.29, 0.717) is 17.2 Å². The fourth-order valence-corrected chi connectivity index (χ4v) is 3.37. The number of methoxy groups -OCH3 is 2. The number of aryl methyl sites for hydroxylation is 2. The molecule has 6 nitrogen and oxygen atoms in total. The van der Waals surface area contributed by atoms with Crippen LogP contribution in [0.2, 0.25) is 0 Å². The molecule has 24 heavy (non-hydrogen) atoms. The van der Waals surface area contributed by atoms with Gasteiger partial charge in [-0.3, -0.25) is 9.48 Å². The molecule has 1 aromatic carbocycles. The molecule has 1 amide bonds. The fraction of sp³-hybridized carbons (Fsp3) is 0.444. The van der Waals surface area contributed by atoms with E-state index >= 15 is 0 Å². The Labute approximate surface area is 142 Å². The van der Waals surface area contributed by atoms with E-state index in [2.05, 4.69) is 5.10 Å². The minimum absolute atomic E-state index is 0.0235. The maximum atomic E-state index is 13.0. The summed E-state index contributed by atoms with van der Waals surface area (Å²) in [6, 6.07) is 7.75. The van der Waals surface area contributed by atoms with Crippen LogP contribution < -0.4 is 9.47 Å². The molecule has 1 fully saturated rings. The first kappa shape index (κ1) is 16.4. The molecule has 2 heterocycles. The maximum absolute atomic E-state index is 13.0. The molecule has 2 aromatic rings. The predicted molar refractivity (Wildman–Crippen MR) is 90.5 cm³/mol. The molecule has 0 aliphatic carbocycles. The SMILES string of the molecule is COc1ccc([C@H]2CCCN2C(=O)c2cc(C)nn2C)cc1OC. The van der Waals surface area contributed by atoms with Crippen LogP contribution in [0.4, 0.5) is 0 Å². The van der Waals surface area contributed by atoms with E-state index in [0.717, 1.165) is 30.6 Å². The van der Waals surface area contributed by atoms with E-state index < -0.39 is 0 Å². The molecule has 1 saturated heterocycles. The van der Waals surface area contributed by atoms with Gasteiger partial charge in [0.25, 0.3) is 5.91 Å². The van der Waals surface area contributed by atoms with Crippen LogP contribution in [-0.2, 0) is 7.05 Å². The van der Waals surface area contributed by atoms with Crippen molar-refractivity contribution in [1.82, 2.24) is 14.7 Å². The predicted octanol–water partition coefficient (Wildman–Crippen LogP) is 2.72. The molecule has 1 aliphatic heterocycles. The summed E-state index contributed by atoms with van der Waals surface area (Å²) in [6.45, 7) is 2.65. The van der Waals surface area contributed by atoms with Crippen LogP contribution in [0.5, 0.6) is 11.5 Å². The number of rotatable bonds is 4. The standard InChI is InChI=1S/C18H23N3O3/c1-12-10-15(20(2)19-12)18(22)21-9-5-6-14(21)13-7-8-16(23-3)17(11-13)24-4/h7-8,10-11,14H,5-6,9H2,1-4H3/t14-/m1/s1. The first-order valence-corrected chi connectivity index (χ1v) is 8.08. The summed E-state index contributed by atoms with van der Waals surface area (Å²) in [7, 11) is 5.05. The molecule has 0 radical (unpaired) electrons. The van der Waals surface area contributed by atoms with Crippen molar-refractivity contribution >= 4 is 5.91 Å². The van der Waals surface area contributed by atoms with Gasteiger partial charge in [-0.05, 0) is 43.5 Å². The van der Waals surface area contributed by atoms with E-state index in [1.165, 1.54) is 0 Å². The number of ether oxygens (including phenoxy) is 2. The van der Waals surface area contributed by atoms with Gasteiger partial charge in [0.15, 0.2) is 11.5 Å². The zero-order chi connectivity index (χ0) is 17.3. The smallest absolute Gasteiger partial charge is 0.272 e. The van der Waals surface area contributed by atoms with Crippen LogP contribution in [0.1, 0.15) is 40.6 Å². The lowest BCUT2D eigenvalue weighted by atomic mass is 10.0. The molecule has 0 spiro atoms. The van der Waals surface area contributed by atoms with E-state index in [-0.39, 0.29) is 11.9 Å². The Morgan fingerprint density at radius 1 is 1.21 bits per heavy atom. The summed E-state index contributed by atoms with van der Waals surface area (Å²) in [5, 5.41) is 4.28. The van der Waals surface area contributed by atoms with Gasteiger partial charge in [-0.2, -0.15) is 5.10 Å². The number of nitrogens with zero attached hydrogens (tertiary/aromatic N) is 3. The van der Waals surface area contributed by atoms with Crippen LogP contribution in [-0.4, -0.2) is 41.4 Å². The average molecular weight is 329 g/mol. The molecular formula is C18H23N3O3. The summed E-state index contributed by atoms with van der Waals surface area (Å²) in [6.07, 6.45) is 1.93. The first-order chi connectivity index (χ1) is 11.5. The molecule has 0 N–H and O–H groups in total. The zero-order valence-electron chi connectivity index (χ0n) is 14.6. The van der Waals surface area contributed by atoms with Gasteiger partial charge in [0.1, 0.15) is 5.69 Å². The van der Waals surface area contributed by atoms with E-state index in [9.17, 15) is 4.79 Å². The summed E-state index contributed by atoms with van der Waals surface area (Å²) in [4.78, 5) is 14.9. The third-order valence-corrected chi connectivity index (χ3v) is 4.53. The van der Waals surface area contributed by atoms with Crippen LogP contribution >= 0.6 is 0 Å². The van der Waals surface area contributed by atoms with Gasteiger partial charge in [0.2, 0.25) is 0 Å². The fourth-order valence-electron chi connectivity index (χ4n) is 3.37. The molecule has 6 heteroatoms. The van der Waals surface area contributed by atoms with Gasteiger partial charge in [-0.25, -0.2) is 0 Å². The largest absolute Gasteiger partial charge is 0.493 e. The van der Waals surface area contributed by atoms with Crippen molar-refractivity contribution in [2.24, 2.45) is 7.05 Å². The highest BCUT2D eigenvalue weighted by Crippen LogP contribution is 2.37. The number of hydrogen-bond acceptors (Lipinski definition) is 4. The molecule has 1 atom stereocenters. The second kappa shape index (κ2) is 6.55.